The molecule has 184 valence electrons. The molecule has 0 aliphatic carbocycles. The molecule has 1 heterocycles. The lowest BCUT2D eigenvalue weighted by Gasteiger charge is -2.27. The molecule has 0 atom stereocenters. The summed E-state index contributed by atoms with van der Waals surface area (Å²) in [6.45, 7) is 0.374. The van der Waals surface area contributed by atoms with Crippen molar-refractivity contribution in [2.45, 2.75) is 30.2 Å². The van der Waals surface area contributed by atoms with Crippen LogP contribution >= 0.6 is 0 Å². The predicted molar refractivity (Wildman–Crippen MR) is 124 cm³/mol. The van der Waals surface area contributed by atoms with Crippen LogP contribution in [0.2, 0.25) is 0 Å². The van der Waals surface area contributed by atoms with Crippen LogP contribution in [-0.4, -0.2) is 37.9 Å². The first-order valence-electron chi connectivity index (χ1n) is 10.9. The van der Waals surface area contributed by atoms with Crippen molar-refractivity contribution < 1.29 is 31.2 Å². The third kappa shape index (κ3) is 6.40. The lowest BCUT2D eigenvalue weighted by molar-refractivity contribution is -0.274. The largest absolute Gasteiger partial charge is 0.573 e. The molecule has 0 amide bonds. The van der Waals surface area contributed by atoms with Gasteiger partial charge in [0.2, 0.25) is 10.0 Å². The van der Waals surface area contributed by atoms with E-state index in [4.69, 9.17) is 4.84 Å². The SMILES string of the molecule is O=S(=O)(c1ccc(OC(F)(F)F)cc1)N1CCC(=NOC(c2ccccc2)c2ccccc2)CC1. The normalized spacial score (nSPS) is 15.1. The highest BCUT2D eigenvalue weighted by Gasteiger charge is 2.32. The molecule has 3 aromatic carbocycles. The summed E-state index contributed by atoms with van der Waals surface area (Å²) >= 11 is 0. The molecule has 0 saturated carbocycles. The molecule has 0 bridgehead atoms. The summed E-state index contributed by atoms with van der Waals surface area (Å²) in [4.78, 5) is 5.83. The topological polar surface area (TPSA) is 68.2 Å². The lowest BCUT2D eigenvalue weighted by Crippen LogP contribution is -2.38. The summed E-state index contributed by atoms with van der Waals surface area (Å²) in [5, 5.41) is 4.34. The third-order valence-corrected chi connectivity index (χ3v) is 7.40. The van der Waals surface area contributed by atoms with Crippen molar-refractivity contribution in [1.82, 2.24) is 4.31 Å². The maximum absolute atomic E-state index is 12.9. The van der Waals surface area contributed by atoms with Gasteiger partial charge in [-0.2, -0.15) is 4.31 Å². The minimum atomic E-state index is -4.84. The number of halogens is 3. The number of hydrogen-bond donors (Lipinski definition) is 0. The fourth-order valence-corrected chi connectivity index (χ4v) is 5.18. The van der Waals surface area contributed by atoms with Crippen molar-refractivity contribution in [3.8, 4) is 5.75 Å². The smallest absolute Gasteiger partial charge is 0.406 e. The average Bonchev–Trinajstić information content (AvgIpc) is 2.85. The van der Waals surface area contributed by atoms with E-state index in [9.17, 15) is 21.6 Å². The van der Waals surface area contributed by atoms with E-state index >= 15 is 0 Å². The van der Waals surface area contributed by atoms with Crippen molar-refractivity contribution in [1.29, 1.82) is 0 Å². The minimum absolute atomic E-state index is 0.100. The summed E-state index contributed by atoms with van der Waals surface area (Å²) in [7, 11) is -3.86. The quantitative estimate of drug-likeness (QED) is 0.397. The van der Waals surface area contributed by atoms with Gasteiger partial charge in [0.15, 0.2) is 6.10 Å². The summed E-state index contributed by atoms with van der Waals surface area (Å²) in [5.74, 6) is -0.479. The van der Waals surface area contributed by atoms with Crippen molar-refractivity contribution in [3.63, 3.8) is 0 Å². The zero-order valence-electron chi connectivity index (χ0n) is 18.6. The highest BCUT2D eigenvalue weighted by molar-refractivity contribution is 7.89. The van der Waals surface area contributed by atoms with Crippen LogP contribution in [0.1, 0.15) is 30.1 Å². The molecule has 35 heavy (non-hydrogen) atoms. The predicted octanol–water partition coefficient (Wildman–Crippen LogP) is 5.53. The molecule has 0 unspecified atom stereocenters. The number of rotatable bonds is 7. The van der Waals surface area contributed by atoms with Crippen LogP contribution in [0.4, 0.5) is 13.2 Å². The summed E-state index contributed by atoms with van der Waals surface area (Å²) in [6.07, 6.45) is -4.48. The van der Waals surface area contributed by atoms with Crippen LogP contribution < -0.4 is 4.74 Å². The molecule has 3 aromatic rings. The number of sulfonamides is 1. The van der Waals surface area contributed by atoms with Gasteiger partial charge in [0.25, 0.3) is 0 Å². The Morgan fingerprint density at radius 2 is 1.31 bits per heavy atom. The summed E-state index contributed by atoms with van der Waals surface area (Å²) in [6, 6.07) is 23.5. The van der Waals surface area contributed by atoms with Gasteiger partial charge in [0, 0.05) is 25.9 Å². The van der Waals surface area contributed by atoms with Crippen LogP contribution in [0.5, 0.6) is 5.75 Å². The molecule has 1 aliphatic heterocycles. The third-order valence-electron chi connectivity index (χ3n) is 5.49. The van der Waals surface area contributed by atoms with Gasteiger partial charge in [-0.25, -0.2) is 8.42 Å². The molecule has 0 spiro atoms. The van der Waals surface area contributed by atoms with E-state index in [-0.39, 0.29) is 18.0 Å². The number of ether oxygens (including phenoxy) is 1. The van der Waals surface area contributed by atoms with Crippen LogP contribution in [0.3, 0.4) is 0 Å². The highest BCUT2D eigenvalue weighted by atomic mass is 32.2. The van der Waals surface area contributed by atoms with Gasteiger partial charge in [-0.1, -0.05) is 65.8 Å². The number of oxime groups is 1. The number of hydrogen-bond acceptors (Lipinski definition) is 5. The van der Waals surface area contributed by atoms with Crippen molar-refractivity contribution >= 4 is 15.7 Å². The molecule has 0 aromatic heterocycles. The number of benzene rings is 3. The van der Waals surface area contributed by atoms with Crippen LogP contribution in [0.15, 0.2) is 95.0 Å². The molecule has 1 saturated heterocycles. The van der Waals surface area contributed by atoms with Crippen LogP contribution in [0.25, 0.3) is 0 Å². The Bertz CT molecular complexity index is 1200. The number of nitrogens with zero attached hydrogens (tertiary/aromatic N) is 2. The zero-order chi connectivity index (χ0) is 24.9. The molecule has 0 N–H and O–H groups in total. The summed E-state index contributed by atoms with van der Waals surface area (Å²) in [5.41, 5.74) is 2.63. The Labute approximate surface area is 201 Å². The Balaban J connectivity index is 1.41. The Hall–Kier alpha value is -3.37. The minimum Gasteiger partial charge on any atom is -0.406 e. The maximum Gasteiger partial charge on any atom is 0.573 e. The van der Waals surface area contributed by atoms with E-state index in [0.717, 1.165) is 41.1 Å². The van der Waals surface area contributed by atoms with E-state index in [1.165, 1.54) is 4.31 Å². The monoisotopic (exact) mass is 504 g/mol. The van der Waals surface area contributed by atoms with Crippen molar-refractivity contribution in [2.24, 2.45) is 5.16 Å². The first-order valence-corrected chi connectivity index (χ1v) is 12.3. The van der Waals surface area contributed by atoms with Crippen molar-refractivity contribution in [3.05, 3.63) is 96.1 Å². The zero-order valence-corrected chi connectivity index (χ0v) is 19.4. The van der Waals surface area contributed by atoms with Crippen LogP contribution in [-0.2, 0) is 14.9 Å². The molecule has 1 aliphatic rings. The molecule has 0 radical (unpaired) electrons. The van der Waals surface area contributed by atoms with Gasteiger partial charge in [0.05, 0.1) is 10.6 Å². The first-order chi connectivity index (χ1) is 16.7. The molecule has 4 rings (SSSR count). The van der Waals surface area contributed by atoms with E-state index in [1.807, 2.05) is 60.7 Å². The fourth-order valence-electron chi connectivity index (χ4n) is 3.74. The standard InChI is InChI=1S/C25H23F3N2O4S/c26-25(27,28)33-22-11-13-23(14-12-22)35(31,32)30-17-15-21(16-18-30)29-34-24(19-7-3-1-4-8-19)20-9-5-2-6-10-20/h1-14,24H,15-18H2. The van der Waals surface area contributed by atoms with Crippen molar-refractivity contribution in [2.75, 3.05) is 13.1 Å². The molecule has 10 heteroatoms. The molecular formula is C25H23F3N2O4S. The van der Waals surface area contributed by atoms with Gasteiger partial charge in [-0.05, 0) is 35.4 Å². The summed E-state index contributed by atoms with van der Waals surface area (Å²) < 4.78 is 67.9. The molecular weight excluding hydrogens is 481 g/mol. The lowest BCUT2D eigenvalue weighted by atomic mass is 10.0. The van der Waals surface area contributed by atoms with Gasteiger partial charge >= 0.3 is 6.36 Å². The van der Waals surface area contributed by atoms with E-state index in [1.54, 1.807) is 0 Å². The second-order valence-corrected chi connectivity index (χ2v) is 9.83. The van der Waals surface area contributed by atoms with Gasteiger partial charge in [-0.3, -0.25) is 0 Å². The van der Waals surface area contributed by atoms with E-state index in [0.29, 0.717) is 12.8 Å². The fraction of sp³-hybridized carbons (Fsp3) is 0.240. The first kappa shape index (κ1) is 24.7. The Kier molecular flexibility index (Phi) is 7.42. The van der Waals surface area contributed by atoms with Gasteiger partial charge < -0.3 is 9.57 Å². The second-order valence-electron chi connectivity index (χ2n) is 7.89. The Morgan fingerprint density at radius 1 is 0.800 bits per heavy atom. The highest BCUT2D eigenvalue weighted by Crippen LogP contribution is 2.28. The average molecular weight is 505 g/mol. The van der Waals surface area contributed by atoms with Gasteiger partial charge in [0.1, 0.15) is 5.75 Å². The maximum atomic E-state index is 12.9. The van der Waals surface area contributed by atoms with Gasteiger partial charge in [-0.15, -0.1) is 13.2 Å². The molecule has 6 nitrogen and oxygen atoms in total. The second kappa shape index (κ2) is 10.5. The number of piperidine rings is 1. The Morgan fingerprint density at radius 3 is 1.80 bits per heavy atom. The van der Waals surface area contributed by atoms with E-state index in [2.05, 4.69) is 9.89 Å². The van der Waals surface area contributed by atoms with E-state index < -0.39 is 28.2 Å². The van der Waals surface area contributed by atoms with Crippen LogP contribution in [0, 0.1) is 0 Å². The number of alkyl halides is 3. The molecule has 1 fully saturated rings.